The highest BCUT2D eigenvalue weighted by molar-refractivity contribution is 6.07. The van der Waals surface area contributed by atoms with Crippen molar-refractivity contribution in [2.75, 3.05) is 19.1 Å². The van der Waals surface area contributed by atoms with Crippen molar-refractivity contribution in [3.05, 3.63) is 64.9 Å². The van der Waals surface area contributed by atoms with Crippen LogP contribution in [0.4, 0.5) is 18.9 Å². The van der Waals surface area contributed by atoms with Crippen molar-refractivity contribution in [3.63, 3.8) is 0 Å². The van der Waals surface area contributed by atoms with Crippen LogP contribution in [0.5, 0.6) is 11.5 Å². The minimum Gasteiger partial charge on any atom is -0.497 e. The molecule has 0 bridgehead atoms. The van der Waals surface area contributed by atoms with Gasteiger partial charge in [0.1, 0.15) is 11.5 Å². The van der Waals surface area contributed by atoms with Crippen LogP contribution in [0.2, 0.25) is 0 Å². The van der Waals surface area contributed by atoms with Crippen LogP contribution in [-0.4, -0.2) is 25.9 Å². The van der Waals surface area contributed by atoms with Gasteiger partial charge in [0.2, 0.25) is 5.91 Å². The average molecular weight is 445 g/mol. The Bertz CT molecular complexity index is 1110. The van der Waals surface area contributed by atoms with Gasteiger partial charge in [-0.3, -0.25) is 14.5 Å². The summed E-state index contributed by atoms with van der Waals surface area (Å²) in [5.74, 6) is 0.0647. The number of allylic oxidation sites excluding steroid dienone is 2. The van der Waals surface area contributed by atoms with Crippen molar-refractivity contribution in [3.8, 4) is 11.5 Å². The summed E-state index contributed by atoms with van der Waals surface area (Å²) in [7, 11) is 3.02. The topological polar surface area (TPSA) is 55.8 Å². The number of Topliss-reactive ketones (excluding diaryl/α,β-unsaturated/α-hetero) is 1. The Morgan fingerprint density at radius 2 is 1.78 bits per heavy atom. The van der Waals surface area contributed by atoms with Crippen LogP contribution >= 0.6 is 0 Å². The number of ketones is 1. The number of alkyl halides is 3. The third-order valence-electron chi connectivity index (χ3n) is 5.92. The van der Waals surface area contributed by atoms with E-state index in [0.29, 0.717) is 47.6 Å². The SMILES string of the molecule is COc1ccc([C@@H]2CC(=O)N(c3cccc(C(F)(F)F)c3)C3=C2C(=O)CCC3)c(OC)c1. The van der Waals surface area contributed by atoms with Gasteiger partial charge in [0.15, 0.2) is 5.78 Å². The Kier molecular flexibility index (Phi) is 5.71. The van der Waals surface area contributed by atoms with E-state index in [1.54, 1.807) is 18.2 Å². The Hall–Kier alpha value is -3.29. The predicted molar refractivity (Wildman–Crippen MR) is 112 cm³/mol. The van der Waals surface area contributed by atoms with Crippen LogP contribution in [0.25, 0.3) is 0 Å². The number of hydrogen-bond donors (Lipinski definition) is 0. The molecule has 32 heavy (non-hydrogen) atoms. The number of carbonyl (C=O) groups excluding carboxylic acids is 2. The number of halogens is 3. The number of rotatable bonds is 4. The molecule has 2 aromatic rings. The highest BCUT2D eigenvalue weighted by atomic mass is 19.4. The lowest BCUT2D eigenvalue weighted by Crippen LogP contribution is -2.40. The maximum atomic E-state index is 13.3. The Labute approximate surface area is 183 Å². The van der Waals surface area contributed by atoms with Crippen molar-refractivity contribution < 1.29 is 32.2 Å². The molecular formula is C24H22F3NO4. The Balaban J connectivity index is 1.86. The van der Waals surface area contributed by atoms with Crippen molar-refractivity contribution >= 4 is 17.4 Å². The summed E-state index contributed by atoms with van der Waals surface area (Å²) in [6.45, 7) is 0. The van der Waals surface area contributed by atoms with Crippen LogP contribution in [-0.2, 0) is 15.8 Å². The number of anilines is 1. The molecule has 0 spiro atoms. The molecule has 8 heteroatoms. The van der Waals surface area contributed by atoms with E-state index in [1.165, 1.54) is 31.3 Å². The van der Waals surface area contributed by atoms with E-state index in [4.69, 9.17) is 9.47 Å². The molecule has 0 fully saturated rings. The van der Waals surface area contributed by atoms with E-state index >= 15 is 0 Å². The predicted octanol–water partition coefficient (Wildman–Crippen LogP) is 5.25. The fraction of sp³-hybridized carbons (Fsp3) is 0.333. The first-order chi connectivity index (χ1) is 15.2. The Morgan fingerprint density at radius 3 is 2.47 bits per heavy atom. The lowest BCUT2D eigenvalue weighted by atomic mass is 9.76. The zero-order valence-corrected chi connectivity index (χ0v) is 17.7. The summed E-state index contributed by atoms with van der Waals surface area (Å²) in [4.78, 5) is 27.5. The van der Waals surface area contributed by atoms with E-state index in [9.17, 15) is 22.8 Å². The van der Waals surface area contributed by atoms with Crippen LogP contribution < -0.4 is 14.4 Å². The zero-order chi connectivity index (χ0) is 23.0. The van der Waals surface area contributed by atoms with Gasteiger partial charge < -0.3 is 9.47 Å². The van der Waals surface area contributed by atoms with Gasteiger partial charge in [-0.05, 0) is 37.1 Å². The number of methoxy groups -OCH3 is 2. The van der Waals surface area contributed by atoms with Gasteiger partial charge in [0, 0.05) is 47.3 Å². The van der Waals surface area contributed by atoms with Crippen molar-refractivity contribution in [1.82, 2.24) is 0 Å². The molecule has 5 nitrogen and oxygen atoms in total. The molecule has 1 atom stereocenters. The number of benzene rings is 2. The average Bonchev–Trinajstić information content (AvgIpc) is 2.77. The van der Waals surface area contributed by atoms with Crippen LogP contribution in [0.1, 0.15) is 42.7 Å². The number of amides is 1. The largest absolute Gasteiger partial charge is 0.497 e. The van der Waals surface area contributed by atoms with Crippen LogP contribution in [0.3, 0.4) is 0 Å². The number of nitrogens with zero attached hydrogens (tertiary/aromatic N) is 1. The van der Waals surface area contributed by atoms with E-state index < -0.39 is 17.7 Å². The molecule has 2 aliphatic rings. The molecule has 0 aromatic heterocycles. The minimum absolute atomic E-state index is 0.0521. The molecular weight excluding hydrogens is 423 g/mol. The summed E-state index contributed by atoms with van der Waals surface area (Å²) < 4.78 is 50.5. The second-order valence-corrected chi connectivity index (χ2v) is 7.78. The zero-order valence-electron chi connectivity index (χ0n) is 17.7. The van der Waals surface area contributed by atoms with E-state index in [0.717, 1.165) is 12.1 Å². The van der Waals surface area contributed by atoms with Crippen molar-refractivity contribution in [1.29, 1.82) is 0 Å². The maximum Gasteiger partial charge on any atom is 0.416 e. The highest BCUT2D eigenvalue weighted by Crippen LogP contribution is 2.46. The van der Waals surface area contributed by atoms with Crippen LogP contribution in [0.15, 0.2) is 53.7 Å². The van der Waals surface area contributed by atoms with Crippen molar-refractivity contribution in [2.45, 2.75) is 37.8 Å². The first-order valence-corrected chi connectivity index (χ1v) is 10.2. The molecule has 1 aliphatic carbocycles. The second-order valence-electron chi connectivity index (χ2n) is 7.78. The van der Waals surface area contributed by atoms with E-state index in [1.807, 2.05) is 0 Å². The number of ether oxygens (including phenoxy) is 2. The molecule has 2 aromatic carbocycles. The molecule has 168 valence electrons. The summed E-state index contributed by atoms with van der Waals surface area (Å²) in [6, 6.07) is 9.84. The lowest BCUT2D eigenvalue weighted by molar-refractivity contribution is -0.137. The van der Waals surface area contributed by atoms with Gasteiger partial charge in [0.25, 0.3) is 0 Å². The molecule has 4 rings (SSSR count). The van der Waals surface area contributed by atoms with Gasteiger partial charge in [-0.2, -0.15) is 13.2 Å². The fourth-order valence-corrected chi connectivity index (χ4v) is 4.49. The smallest absolute Gasteiger partial charge is 0.416 e. The van der Waals surface area contributed by atoms with E-state index in [-0.39, 0.29) is 23.8 Å². The Morgan fingerprint density at radius 1 is 1.00 bits per heavy atom. The highest BCUT2D eigenvalue weighted by Gasteiger charge is 2.41. The van der Waals surface area contributed by atoms with Gasteiger partial charge in [-0.15, -0.1) is 0 Å². The lowest BCUT2D eigenvalue weighted by Gasteiger charge is -2.38. The fourth-order valence-electron chi connectivity index (χ4n) is 4.49. The second kappa shape index (κ2) is 8.33. The molecule has 1 heterocycles. The molecule has 0 saturated carbocycles. The van der Waals surface area contributed by atoms with Gasteiger partial charge in [0.05, 0.1) is 19.8 Å². The molecule has 1 aliphatic heterocycles. The van der Waals surface area contributed by atoms with Gasteiger partial charge in [-0.1, -0.05) is 12.1 Å². The molecule has 0 unspecified atom stereocenters. The summed E-state index contributed by atoms with van der Waals surface area (Å²) in [5, 5.41) is 0. The normalized spacial score (nSPS) is 19.2. The number of hydrogen-bond acceptors (Lipinski definition) is 4. The first kappa shape index (κ1) is 21.9. The van der Waals surface area contributed by atoms with E-state index in [2.05, 4.69) is 0 Å². The monoisotopic (exact) mass is 445 g/mol. The first-order valence-electron chi connectivity index (χ1n) is 10.2. The summed E-state index contributed by atoms with van der Waals surface area (Å²) in [5.41, 5.74) is 0.891. The molecule has 0 radical (unpaired) electrons. The van der Waals surface area contributed by atoms with Gasteiger partial charge >= 0.3 is 6.18 Å². The maximum absolute atomic E-state index is 13.3. The summed E-state index contributed by atoms with van der Waals surface area (Å²) >= 11 is 0. The third-order valence-corrected chi connectivity index (χ3v) is 5.92. The van der Waals surface area contributed by atoms with Crippen LogP contribution in [0, 0.1) is 0 Å². The third kappa shape index (κ3) is 3.85. The van der Waals surface area contributed by atoms with Gasteiger partial charge in [-0.25, -0.2) is 0 Å². The number of carbonyl (C=O) groups is 2. The van der Waals surface area contributed by atoms with Crippen molar-refractivity contribution in [2.24, 2.45) is 0 Å². The molecule has 0 saturated heterocycles. The standard InChI is InChI=1S/C24H22F3NO4/c1-31-16-9-10-17(21(12-16)32-2)18-13-22(30)28(19-7-4-8-20(29)23(18)19)15-6-3-5-14(11-15)24(25,26)27/h3,5-6,9-12,18H,4,7-8,13H2,1-2H3/t18-/m0/s1. The molecule has 0 N–H and O–H groups in total. The molecule has 1 amide bonds. The quantitative estimate of drug-likeness (QED) is 0.645. The minimum atomic E-state index is -4.53. The summed E-state index contributed by atoms with van der Waals surface area (Å²) in [6.07, 6.45) is -3.29.